The van der Waals surface area contributed by atoms with Crippen LogP contribution < -0.4 is 0 Å². The van der Waals surface area contributed by atoms with Crippen molar-refractivity contribution in [2.45, 2.75) is 57.9 Å². The molecule has 3 aromatic rings. The first kappa shape index (κ1) is 15.3. The van der Waals surface area contributed by atoms with Crippen LogP contribution in [0, 0.1) is 0 Å². The van der Waals surface area contributed by atoms with E-state index in [4.69, 9.17) is 15.1 Å². The van der Waals surface area contributed by atoms with Gasteiger partial charge in [0.25, 0.3) is 0 Å². The van der Waals surface area contributed by atoms with Crippen molar-refractivity contribution in [1.82, 2.24) is 19.7 Å². The number of fused-ring (bicyclic) bond motifs is 1. The topological polar surface area (TPSA) is 43.6 Å². The third-order valence-corrected chi connectivity index (χ3v) is 4.91. The molecule has 1 fully saturated rings. The van der Waals surface area contributed by atoms with Crippen molar-refractivity contribution in [2.24, 2.45) is 0 Å². The van der Waals surface area contributed by atoms with Gasteiger partial charge in [-0.1, -0.05) is 57.4 Å². The minimum absolute atomic E-state index is 0.328. The molecule has 0 aliphatic heterocycles. The lowest BCUT2D eigenvalue weighted by atomic mass is 9.95. The minimum Gasteiger partial charge on any atom is -0.244 e. The number of aromatic nitrogens is 4. The van der Waals surface area contributed by atoms with E-state index in [1.54, 1.807) is 0 Å². The van der Waals surface area contributed by atoms with Crippen LogP contribution in [0.4, 0.5) is 0 Å². The molecule has 0 N–H and O–H groups in total. The summed E-state index contributed by atoms with van der Waals surface area (Å²) < 4.78 is 2.16. The Morgan fingerprint density at radius 1 is 0.958 bits per heavy atom. The molecule has 2 aromatic heterocycles. The van der Waals surface area contributed by atoms with E-state index >= 15 is 0 Å². The first-order valence-corrected chi connectivity index (χ1v) is 9.05. The molecule has 0 bridgehead atoms. The molecular formula is C20H24N4. The van der Waals surface area contributed by atoms with Crippen molar-refractivity contribution in [3.63, 3.8) is 0 Å². The van der Waals surface area contributed by atoms with Crippen LogP contribution >= 0.6 is 0 Å². The second-order valence-corrected chi connectivity index (χ2v) is 7.07. The van der Waals surface area contributed by atoms with Gasteiger partial charge in [-0.3, -0.25) is 0 Å². The van der Waals surface area contributed by atoms with E-state index in [0.717, 1.165) is 28.2 Å². The summed E-state index contributed by atoms with van der Waals surface area (Å²) in [5.74, 6) is 2.18. The first-order valence-electron chi connectivity index (χ1n) is 9.05. The lowest BCUT2D eigenvalue weighted by Crippen LogP contribution is -2.16. The maximum absolute atomic E-state index is 4.86. The summed E-state index contributed by atoms with van der Waals surface area (Å²) in [6.45, 7) is 4.30. The molecule has 4 heteroatoms. The van der Waals surface area contributed by atoms with Crippen molar-refractivity contribution in [1.29, 1.82) is 0 Å². The van der Waals surface area contributed by atoms with Gasteiger partial charge in [-0.15, -0.1) is 0 Å². The molecule has 0 saturated heterocycles. The van der Waals surface area contributed by atoms with Gasteiger partial charge in [0.1, 0.15) is 5.69 Å². The second-order valence-electron chi connectivity index (χ2n) is 7.07. The summed E-state index contributed by atoms with van der Waals surface area (Å²) in [4.78, 5) is 9.70. The van der Waals surface area contributed by atoms with Crippen molar-refractivity contribution < 1.29 is 0 Å². The van der Waals surface area contributed by atoms with E-state index in [1.165, 1.54) is 32.1 Å². The Hall–Kier alpha value is -2.23. The summed E-state index contributed by atoms with van der Waals surface area (Å²) in [5, 5.41) is 6.02. The van der Waals surface area contributed by atoms with Gasteiger partial charge >= 0.3 is 0 Å². The fraction of sp³-hybridized carbons (Fsp3) is 0.450. The SMILES string of the molecule is CC(C)c1nc(-c2ccc3ccccc3n2)n(C2CCCCC2)n1. The highest BCUT2D eigenvalue weighted by Gasteiger charge is 2.23. The Bertz CT molecular complexity index is 844. The number of nitrogens with zero attached hydrogens (tertiary/aromatic N) is 4. The smallest absolute Gasteiger partial charge is 0.177 e. The molecule has 1 aliphatic rings. The highest BCUT2D eigenvalue weighted by atomic mass is 15.4. The molecule has 4 rings (SSSR count). The highest BCUT2D eigenvalue weighted by Crippen LogP contribution is 2.32. The number of hydrogen-bond acceptors (Lipinski definition) is 3. The van der Waals surface area contributed by atoms with Gasteiger partial charge in [-0.25, -0.2) is 14.6 Å². The van der Waals surface area contributed by atoms with Gasteiger partial charge in [-0.2, -0.15) is 5.10 Å². The maximum Gasteiger partial charge on any atom is 0.177 e. The summed E-state index contributed by atoms with van der Waals surface area (Å²) in [6, 6.07) is 12.9. The van der Waals surface area contributed by atoms with Gasteiger partial charge in [0.05, 0.1) is 11.6 Å². The van der Waals surface area contributed by atoms with Crippen molar-refractivity contribution in [3.8, 4) is 11.5 Å². The molecule has 0 amide bonds. The van der Waals surface area contributed by atoms with Crippen LogP contribution in [-0.2, 0) is 0 Å². The molecule has 1 aliphatic carbocycles. The third kappa shape index (κ3) is 2.81. The molecule has 0 spiro atoms. The largest absolute Gasteiger partial charge is 0.244 e. The van der Waals surface area contributed by atoms with Crippen LogP contribution in [0.3, 0.4) is 0 Å². The predicted octanol–water partition coefficient (Wildman–Crippen LogP) is 5.12. The number of benzene rings is 1. The van der Waals surface area contributed by atoms with Gasteiger partial charge < -0.3 is 0 Å². The van der Waals surface area contributed by atoms with Crippen LogP contribution in [0.2, 0.25) is 0 Å². The molecular weight excluding hydrogens is 296 g/mol. The minimum atomic E-state index is 0.328. The quantitative estimate of drug-likeness (QED) is 0.672. The van der Waals surface area contributed by atoms with E-state index in [2.05, 4.69) is 42.8 Å². The Balaban J connectivity index is 1.82. The normalized spacial score (nSPS) is 16.1. The van der Waals surface area contributed by atoms with Crippen LogP contribution in [-0.4, -0.2) is 19.7 Å². The molecule has 24 heavy (non-hydrogen) atoms. The van der Waals surface area contributed by atoms with Gasteiger partial charge in [0.2, 0.25) is 0 Å². The third-order valence-electron chi connectivity index (χ3n) is 4.91. The highest BCUT2D eigenvalue weighted by molar-refractivity contribution is 5.80. The molecule has 2 heterocycles. The monoisotopic (exact) mass is 320 g/mol. The number of para-hydroxylation sites is 1. The lowest BCUT2D eigenvalue weighted by Gasteiger charge is -2.23. The van der Waals surface area contributed by atoms with Gasteiger partial charge in [0, 0.05) is 11.3 Å². The zero-order valence-corrected chi connectivity index (χ0v) is 14.4. The first-order chi connectivity index (χ1) is 11.7. The van der Waals surface area contributed by atoms with E-state index in [9.17, 15) is 0 Å². The second kappa shape index (κ2) is 6.34. The molecule has 0 unspecified atom stereocenters. The molecule has 0 atom stereocenters. The fourth-order valence-electron chi connectivity index (χ4n) is 3.53. The predicted molar refractivity (Wildman–Crippen MR) is 97.0 cm³/mol. The Kier molecular flexibility index (Phi) is 4.05. The molecule has 4 nitrogen and oxygen atoms in total. The van der Waals surface area contributed by atoms with E-state index < -0.39 is 0 Å². The zero-order chi connectivity index (χ0) is 16.5. The van der Waals surface area contributed by atoms with Crippen molar-refractivity contribution >= 4 is 10.9 Å². The van der Waals surface area contributed by atoms with Gasteiger partial charge in [0.15, 0.2) is 11.6 Å². The summed E-state index contributed by atoms with van der Waals surface area (Å²) >= 11 is 0. The number of pyridine rings is 1. The van der Waals surface area contributed by atoms with Crippen LogP contribution in [0.5, 0.6) is 0 Å². The summed E-state index contributed by atoms with van der Waals surface area (Å²) in [7, 11) is 0. The van der Waals surface area contributed by atoms with Crippen molar-refractivity contribution in [2.75, 3.05) is 0 Å². The maximum atomic E-state index is 4.86. The Morgan fingerprint density at radius 3 is 2.54 bits per heavy atom. The average Bonchev–Trinajstić information content (AvgIpc) is 3.08. The fourth-order valence-corrected chi connectivity index (χ4v) is 3.53. The van der Waals surface area contributed by atoms with Crippen LogP contribution in [0.1, 0.15) is 63.7 Å². The van der Waals surface area contributed by atoms with E-state index in [0.29, 0.717) is 12.0 Å². The zero-order valence-electron chi connectivity index (χ0n) is 14.4. The van der Waals surface area contributed by atoms with E-state index in [-0.39, 0.29) is 0 Å². The van der Waals surface area contributed by atoms with Crippen LogP contribution in [0.15, 0.2) is 36.4 Å². The molecule has 1 saturated carbocycles. The molecule has 1 aromatic carbocycles. The van der Waals surface area contributed by atoms with Crippen LogP contribution in [0.25, 0.3) is 22.4 Å². The van der Waals surface area contributed by atoms with Crippen molar-refractivity contribution in [3.05, 3.63) is 42.2 Å². The summed E-state index contributed by atoms with van der Waals surface area (Å²) in [6.07, 6.45) is 6.30. The summed E-state index contributed by atoms with van der Waals surface area (Å²) in [5.41, 5.74) is 1.94. The molecule has 0 radical (unpaired) electrons. The number of hydrogen-bond donors (Lipinski definition) is 0. The average molecular weight is 320 g/mol. The number of rotatable bonds is 3. The standard InChI is InChI=1S/C20H24N4/c1-14(2)19-22-20(24(23-19)16-9-4-3-5-10-16)18-13-12-15-8-6-7-11-17(15)21-18/h6-8,11-14,16H,3-5,9-10H2,1-2H3. The Labute approximate surface area is 142 Å². The Morgan fingerprint density at radius 2 is 1.75 bits per heavy atom. The lowest BCUT2D eigenvalue weighted by molar-refractivity contribution is 0.330. The molecule has 124 valence electrons. The van der Waals surface area contributed by atoms with Gasteiger partial charge in [-0.05, 0) is 25.0 Å². The van der Waals surface area contributed by atoms with E-state index in [1.807, 2.05) is 12.1 Å².